The van der Waals surface area contributed by atoms with Crippen LogP contribution in [0.5, 0.6) is 0 Å². The summed E-state index contributed by atoms with van der Waals surface area (Å²) in [6.07, 6.45) is 6.69. The first-order valence-electron chi connectivity index (χ1n) is 11.5. The third-order valence-electron chi connectivity index (χ3n) is 6.53. The minimum absolute atomic E-state index is 0. The zero-order valence-corrected chi connectivity index (χ0v) is 23.4. The van der Waals surface area contributed by atoms with Gasteiger partial charge in [-0.25, -0.2) is 9.79 Å². The number of amidine groups is 1. The molecule has 35 heavy (non-hydrogen) atoms. The molecule has 2 rings (SSSR count). The number of urea groups is 1. The van der Waals surface area contributed by atoms with Crippen molar-refractivity contribution >= 4 is 35.7 Å². The van der Waals surface area contributed by atoms with Crippen LogP contribution in [0.3, 0.4) is 0 Å². The maximum absolute atomic E-state index is 12.0. The number of nitrogens with zero attached hydrogens (tertiary/aromatic N) is 1. The summed E-state index contributed by atoms with van der Waals surface area (Å²) in [5, 5.41) is 17.5. The molecule has 3 atom stereocenters. The molecule has 6 amide bonds. The quantitative estimate of drug-likeness (QED) is 0.193. The van der Waals surface area contributed by atoms with Crippen LogP contribution in [0.1, 0.15) is 66.2 Å². The third kappa shape index (κ3) is 6.89. The first-order valence-corrected chi connectivity index (χ1v) is 11.5. The largest absolute Gasteiger partial charge is 1.00 e. The van der Waals surface area contributed by atoms with Crippen LogP contribution in [-0.4, -0.2) is 35.7 Å². The van der Waals surface area contributed by atoms with E-state index in [1.807, 2.05) is 27.7 Å². The first kappa shape index (κ1) is 32.7. The summed E-state index contributed by atoms with van der Waals surface area (Å²) >= 11 is 0. The molecule has 1 fully saturated rings. The maximum Gasteiger partial charge on any atom is 1.00 e. The van der Waals surface area contributed by atoms with E-state index < -0.39 is 46.5 Å². The second-order valence-corrected chi connectivity index (χ2v) is 8.72. The van der Waals surface area contributed by atoms with Crippen LogP contribution in [0.2, 0.25) is 0 Å². The molecule has 2 aliphatic rings. The molecule has 2 aliphatic heterocycles. The average Bonchev–Trinajstić information content (AvgIpc) is 2.74. The smallest absolute Gasteiger partial charge is 0.846 e. The van der Waals surface area contributed by atoms with E-state index in [1.54, 1.807) is 6.08 Å². The fraction of sp³-hybridized carbons (Fsp3) is 0.583. The Morgan fingerprint density at radius 3 is 1.63 bits per heavy atom. The van der Waals surface area contributed by atoms with E-state index in [0.29, 0.717) is 0 Å². The number of amides is 6. The van der Waals surface area contributed by atoms with Crippen molar-refractivity contribution in [1.29, 1.82) is 0 Å². The first-order chi connectivity index (χ1) is 16.0. The van der Waals surface area contributed by atoms with E-state index in [-0.39, 0.29) is 54.2 Å². The Morgan fingerprint density at radius 1 is 0.829 bits per heavy atom. The number of hydrogen-bond donors (Lipinski definition) is 3. The van der Waals surface area contributed by atoms with Crippen molar-refractivity contribution in [3.8, 4) is 0 Å². The van der Waals surface area contributed by atoms with E-state index in [2.05, 4.69) is 34.1 Å². The van der Waals surface area contributed by atoms with Crippen LogP contribution in [-0.2, 0) is 19.2 Å². The fourth-order valence-corrected chi connectivity index (χ4v) is 4.55. The number of allylic oxidation sites excluding steroid dienone is 2. The minimum atomic E-state index is -1.26. The Morgan fingerprint density at radius 2 is 1.23 bits per heavy atom. The molecule has 0 saturated carbocycles. The molecule has 3 unspecified atom stereocenters. The van der Waals surface area contributed by atoms with E-state index in [4.69, 9.17) is 0 Å². The number of barbiturate groups is 1. The standard InChI is InChI=1S/2C12H18N2O3.Na/c2*1-4-6-8(3)12(7-5-2)9(15)13-11(17)14-10(12)16;/h2*5,8H,2,4,6-7H2,1,3H3,(H2,13,14,15,16,17);/q;;+1/p-1. The summed E-state index contributed by atoms with van der Waals surface area (Å²) in [6.45, 7) is 14.8. The number of carbonyl (C=O) groups excluding carboxylic acids is 5. The Labute approximate surface area is 228 Å². The molecular weight excluding hydrogens is 463 g/mol. The Balaban J connectivity index is 0.000000642. The minimum Gasteiger partial charge on any atom is -0.846 e. The van der Waals surface area contributed by atoms with Gasteiger partial charge in [-0.3, -0.25) is 29.8 Å². The van der Waals surface area contributed by atoms with Crippen molar-refractivity contribution in [3.05, 3.63) is 25.3 Å². The van der Waals surface area contributed by atoms with Gasteiger partial charge in [-0.2, -0.15) is 0 Å². The van der Waals surface area contributed by atoms with Gasteiger partial charge in [0, 0.05) is 0 Å². The topological polar surface area (TPSA) is 157 Å². The Kier molecular flexibility index (Phi) is 13.4. The summed E-state index contributed by atoms with van der Waals surface area (Å²) in [5.41, 5.74) is -2.46. The van der Waals surface area contributed by atoms with Crippen LogP contribution < -0.4 is 50.6 Å². The summed E-state index contributed by atoms with van der Waals surface area (Å²) in [7, 11) is 0. The predicted octanol–water partition coefficient (Wildman–Crippen LogP) is -1.29. The van der Waals surface area contributed by atoms with Crippen molar-refractivity contribution < 1.29 is 58.6 Å². The fourth-order valence-electron chi connectivity index (χ4n) is 4.55. The summed E-state index contributed by atoms with van der Waals surface area (Å²) in [6, 6.07) is -1.62. The SMILES string of the molecule is C=CCC1(C(C)CCC)C(=O)N=C([O-])NC1=O.C=CCC1(C(C)CCC)C(=O)NC(=O)NC1=O.[Na+]. The number of nitrogens with one attached hydrogen (secondary N) is 3. The molecule has 11 heteroatoms. The molecule has 188 valence electrons. The average molecular weight is 499 g/mol. The summed E-state index contributed by atoms with van der Waals surface area (Å²) < 4.78 is 0. The number of imide groups is 2. The molecule has 10 nitrogen and oxygen atoms in total. The van der Waals surface area contributed by atoms with E-state index in [1.165, 1.54) is 6.08 Å². The second-order valence-electron chi connectivity index (χ2n) is 8.72. The maximum atomic E-state index is 12.0. The van der Waals surface area contributed by atoms with Gasteiger partial charge in [-0.1, -0.05) is 52.7 Å². The number of rotatable bonds is 10. The number of aliphatic imine (C=N–C) groups is 1. The van der Waals surface area contributed by atoms with Gasteiger partial charge in [0.25, 0.3) is 5.91 Å². The zero-order chi connectivity index (χ0) is 26.1. The number of hydrogen-bond acceptors (Lipinski definition) is 6. The van der Waals surface area contributed by atoms with Gasteiger partial charge in [0.1, 0.15) is 10.8 Å². The van der Waals surface area contributed by atoms with Crippen molar-refractivity contribution in [3.63, 3.8) is 0 Å². The van der Waals surface area contributed by atoms with E-state index in [9.17, 15) is 29.1 Å². The van der Waals surface area contributed by atoms with Gasteiger partial charge in [0.15, 0.2) is 0 Å². The molecular formula is C24H35N4NaO6. The molecule has 0 bridgehead atoms. The normalized spacial score (nSPS) is 22.6. The number of carbonyl (C=O) groups is 5. The Bertz CT molecular complexity index is 864. The van der Waals surface area contributed by atoms with Gasteiger partial charge < -0.3 is 10.4 Å². The van der Waals surface area contributed by atoms with Crippen LogP contribution in [0.4, 0.5) is 4.79 Å². The van der Waals surface area contributed by atoms with E-state index in [0.717, 1.165) is 25.7 Å². The molecule has 0 radical (unpaired) electrons. The summed E-state index contributed by atoms with van der Waals surface area (Å²) in [4.78, 5) is 62.4. The van der Waals surface area contributed by atoms with E-state index >= 15 is 0 Å². The van der Waals surface area contributed by atoms with Gasteiger partial charge in [0.05, 0.1) is 6.02 Å². The zero-order valence-electron chi connectivity index (χ0n) is 21.4. The van der Waals surface area contributed by atoms with Crippen LogP contribution >= 0.6 is 0 Å². The van der Waals surface area contributed by atoms with Gasteiger partial charge in [0.2, 0.25) is 17.7 Å². The monoisotopic (exact) mass is 498 g/mol. The molecule has 0 aliphatic carbocycles. The van der Waals surface area contributed by atoms with Gasteiger partial charge in [-0.05, 0) is 37.5 Å². The van der Waals surface area contributed by atoms with Crippen LogP contribution in [0.25, 0.3) is 0 Å². The molecule has 0 aromatic heterocycles. The predicted molar refractivity (Wildman–Crippen MR) is 125 cm³/mol. The Hall–Kier alpha value is -2.30. The van der Waals surface area contributed by atoms with Crippen molar-refractivity contribution in [2.45, 2.75) is 66.2 Å². The third-order valence-corrected chi connectivity index (χ3v) is 6.53. The van der Waals surface area contributed by atoms with Crippen molar-refractivity contribution in [2.75, 3.05) is 0 Å². The summed E-state index contributed by atoms with van der Waals surface area (Å²) in [5.74, 6) is -2.55. The van der Waals surface area contributed by atoms with Crippen LogP contribution in [0.15, 0.2) is 30.3 Å². The molecule has 1 saturated heterocycles. The molecule has 0 aromatic rings. The van der Waals surface area contributed by atoms with Gasteiger partial charge in [-0.15, -0.1) is 13.2 Å². The van der Waals surface area contributed by atoms with Crippen molar-refractivity contribution in [1.82, 2.24) is 16.0 Å². The van der Waals surface area contributed by atoms with Crippen LogP contribution in [0, 0.1) is 22.7 Å². The van der Waals surface area contributed by atoms with Crippen molar-refractivity contribution in [2.24, 2.45) is 27.7 Å². The molecule has 0 spiro atoms. The molecule has 2 heterocycles. The molecule has 3 N–H and O–H groups in total. The molecule has 0 aromatic carbocycles. The van der Waals surface area contributed by atoms with Gasteiger partial charge >= 0.3 is 35.6 Å². The second kappa shape index (κ2) is 14.3.